The van der Waals surface area contributed by atoms with E-state index in [2.05, 4.69) is 21.2 Å². The number of para-hydroxylation sites is 1. The molecule has 0 atom stereocenters. The highest BCUT2D eigenvalue weighted by molar-refractivity contribution is 9.10. The Labute approximate surface area is 79.1 Å². The van der Waals surface area contributed by atoms with Crippen LogP contribution in [0.25, 0.3) is 0 Å². The third kappa shape index (κ3) is 2.32. The summed E-state index contributed by atoms with van der Waals surface area (Å²) in [5, 5.41) is 2.65. The van der Waals surface area contributed by atoms with Gasteiger partial charge in [-0.2, -0.15) is 0 Å². The first-order chi connectivity index (χ1) is 5.74. The predicted molar refractivity (Wildman–Crippen MR) is 51.8 cm³/mol. The summed E-state index contributed by atoms with van der Waals surface area (Å²) < 4.78 is 0.854. The van der Waals surface area contributed by atoms with E-state index < -0.39 is 0 Å². The van der Waals surface area contributed by atoms with Crippen LogP contribution in [0.5, 0.6) is 0 Å². The van der Waals surface area contributed by atoms with Crippen molar-refractivity contribution in [2.45, 2.75) is 0 Å². The fraction of sp³-hybridized carbons (Fsp3) is 0.125. The molecule has 0 fully saturated rings. The number of nitrogens with one attached hydrogen (secondary N) is 1. The van der Waals surface area contributed by atoms with Gasteiger partial charge >= 0.3 is 0 Å². The maximum atomic E-state index is 10.9. The van der Waals surface area contributed by atoms with Crippen molar-refractivity contribution in [3.63, 3.8) is 0 Å². The summed E-state index contributed by atoms with van der Waals surface area (Å²) >= 11 is 3.30. The molecular formula is C8H9BrN2O. The summed E-state index contributed by atoms with van der Waals surface area (Å²) in [5.41, 5.74) is 5.89. The van der Waals surface area contributed by atoms with Crippen LogP contribution >= 0.6 is 15.9 Å². The van der Waals surface area contributed by atoms with Gasteiger partial charge in [0.25, 0.3) is 0 Å². The maximum absolute atomic E-state index is 10.9. The number of anilines is 1. The molecule has 0 aliphatic rings. The molecule has 64 valence electrons. The second-order valence-electron chi connectivity index (χ2n) is 2.23. The summed E-state index contributed by atoms with van der Waals surface area (Å²) in [4.78, 5) is 10.9. The van der Waals surface area contributed by atoms with Crippen LogP contribution in [0.2, 0.25) is 0 Å². The molecule has 0 aliphatic heterocycles. The number of carbonyl (C=O) groups excluding carboxylic acids is 1. The predicted octanol–water partition coefficient (Wildman–Crippen LogP) is 1.35. The summed E-state index contributed by atoms with van der Waals surface area (Å²) in [6, 6.07) is 7.38. The molecule has 0 heterocycles. The van der Waals surface area contributed by atoms with Crippen LogP contribution in [0.3, 0.4) is 0 Å². The monoisotopic (exact) mass is 228 g/mol. The number of nitrogens with two attached hydrogens (primary N) is 1. The fourth-order valence-corrected chi connectivity index (χ4v) is 1.15. The number of hydrogen-bond acceptors (Lipinski definition) is 2. The lowest BCUT2D eigenvalue weighted by molar-refractivity contribution is -0.114. The first-order valence-corrected chi connectivity index (χ1v) is 4.28. The lowest BCUT2D eigenvalue weighted by Crippen LogP contribution is -2.21. The van der Waals surface area contributed by atoms with Gasteiger partial charge in [-0.1, -0.05) is 12.1 Å². The Balaban J connectivity index is 2.75. The molecule has 0 saturated heterocycles. The molecule has 0 saturated carbocycles. The zero-order chi connectivity index (χ0) is 8.97. The summed E-state index contributed by atoms with van der Waals surface area (Å²) in [6.07, 6.45) is 0. The third-order valence-corrected chi connectivity index (χ3v) is 2.02. The largest absolute Gasteiger partial charge is 0.324 e. The third-order valence-electron chi connectivity index (χ3n) is 1.33. The molecule has 0 aliphatic carbocycles. The number of rotatable bonds is 2. The summed E-state index contributed by atoms with van der Waals surface area (Å²) in [5.74, 6) is -0.193. The quantitative estimate of drug-likeness (QED) is 0.804. The van der Waals surface area contributed by atoms with Gasteiger partial charge in [0.1, 0.15) is 0 Å². The van der Waals surface area contributed by atoms with Crippen molar-refractivity contribution in [2.24, 2.45) is 5.73 Å². The topological polar surface area (TPSA) is 55.1 Å². The van der Waals surface area contributed by atoms with Crippen LogP contribution in [-0.2, 0) is 4.79 Å². The first-order valence-electron chi connectivity index (χ1n) is 3.48. The molecule has 0 bridgehead atoms. The van der Waals surface area contributed by atoms with Crippen LogP contribution in [0.1, 0.15) is 0 Å². The lowest BCUT2D eigenvalue weighted by atomic mass is 10.3. The molecule has 1 aromatic carbocycles. The SMILES string of the molecule is NCC(=O)Nc1ccccc1Br. The van der Waals surface area contributed by atoms with Crippen molar-refractivity contribution >= 4 is 27.5 Å². The van der Waals surface area contributed by atoms with Gasteiger partial charge in [-0.3, -0.25) is 4.79 Å². The molecule has 0 radical (unpaired) electrons. The lowest BCUT2D eigenvalue weighted by Gasteiger charge is -2.04. The van der Waals surface area contributed by atoms with Gasteiger partial charge in [0.05, 0.1) is 12.2 Å². The second-order valence-corrected chi connectivity index (χ2v) is 3.09. The molecule has 0 unspecified atom stereocenters. The molecule has 12 heavy (non-hydrogen) atoms. The Morgan fingerprint density at radius 2 is 2.17 bits per heavy atom. The molecule has 3 nitrogen and oxygen atoms in total. The highest BCUT2D eigenvalue weighted by atomic mass is 79.9. The second kappa shape index (κ2) is 4.23. The molecule has 0 aromatic heterocycles. The Hall–Kier alpha value is -0.870. The van der Waals surface area contributed by atoms with Crippen molar-refractivity contribution in [1.29, 1.82) is 0 Å². The van der Waals surface area contributed by atoms with Gasteiger partial charge in [0, 0.05) is 4.47 Å². The fourth-order valence-electron chi connectivity index (χ4n) is 0.764. The Morgan fingerprint density at radius 3 is 2.75 bits per heavy atom. The zero-order valence-corrected chi connectivity index (χ0v) is 7.97. The minimum atomic E-state index is -0.193. The van der Waals surface area contributed by atoms with Gasteiger partial charge in [-0.15, -0.1) is 0 Å². The normalized spacial score (nSPS) is 9.50. The van der Waals surface area contributed by atoms with Crippen LogP contribution in [0, 0.1) is 0 Å². The first kappa shape index (κ1) is 9.22. The van der Waals surface area contributed by atoms with E-state index in [1.54, 1.807) is 6.07 Å². The highest BCUT2D eigenvalue weighted by Gasteiger charge is 2.01. The van der Waals surface area contributed by atoms with E-state index in [4.69, 9.17) is 5.73 Å². The summed E-state index contributed by atoms with van der Waals surface area (Å²) in [6.45, 7) is 0.00132. The van der Waals surface area contributed by atoms with Crippen LogP contribution < -0.4 is 11.1 Å². The zero-order valence-electron chi connectivity index (χ0n) is 6.38. The van der Waals surface area contributed by atoms with E-state index >= 15 is 0 Å². The molecule has 4 heteroatoms. The number of benzene rings is 1. The molecule has 1 amide bonds. The average molecular weight is 229 g/mol. The van der Waals surface area contributed by atoms with E-state index in [9.17, 15) is 4.79 Å². The summed E-state index contributed by atoms with van der Waals surface area (Å²) in [7, 11) is 0. The Bertz CT molecular complexity index is 288. The van der Waals surface area contributed by atoms with E-state index in [1.807, 2.05) is 18.2 Å². The average Bonchev–Trinajstić information content (AvgIpc) is 2.09. The number of amides is 1. The van der Waals surface area contributed by atoms with E-state index in [-0.39, 0.29) is 12.5 Å². The van der Waals surface area contributed by atoms with Crippen molar-refractivity contribution in [1.82, 2.24) is 0 Å². The number of hydrogen-bond donors (Lipinski definition) is 2. The van der Waals surface area contributed by atoms with Crippen molar-refractivity contribution in [3.8, 4) is 0 Å². The van der Waals surface area contributed by atoms with Crippen molar-refractivity contribution in [2.75, 3.05) is 11.9 Å². The molecule has 1 rings (SSSR count). The minimum absolute atomic E-state index is 0.00132. The molecular weight excluding hydrogens is 220 g/mol. The van der Waals surface area contributed by atoms with E-state index in [0.29, 0.717) is 0 Å². The van der Waals surface area contributed by atoms with Gasteiger partial charge < -0.3 is 11.1 Å². The molecule has 1 aromatic rings. The molecule has 3 N–H and O–H groups in total. The maximum Gasteiger partial charge on any atom is 0.238 e. The van der Waals surface area contributed by atoms with Gasteiger partial charge in [0.2, 0.25) is 5.91 Å². The smallest absolute Gasteiger partial charge is 0.238 e. The number of halogens is 1. The number of carbonyl (C=O) groups is 1. The van der Waals surface area contributed by atoms with Crippen LogP contribution in [0.15, 0.2) is 28.7 Å². The van der Waals surface area contributed by atoms with E-state index in [1.165, 1.54) is 0 Å². The van der Waals surface area contributed by atoms with Crippen molar-refractivity contribution < 1.29 is 4.79 Å². The van der Waals surface area contributed by atoms with Crippen LogP contribution in [0.4, 0.5) is 5.69 Å². The minimum Gasteiger partial charge on any atom is -0.324 e. The van der Waals surface area contributed by atoms with Gasteiger partial charge in [0.15, 0.2) is 0 Å². The van der Waals surface area contributed by atoms with Gasteiger partial charge in [-0.25, -0.2) is 0 Å². The highest BCUT2D eigenvalue weighted by Crippen LogP contribution is 2.20. The van der Waals surface area contributed by atoms with E-state index in [0.717, 1.165) is 10.2 Å². The van der Waals surface area contributed by atoms with Crippen LogP contribution in [-0.4, -0.2) is 12.5 Å². The van der Waals surface area contributed by atoms with Crippen molar-refractivity contribution in [3.05, 3.63) is 28.7 Å². The molecule has 0 spiro atoms. The Kier molecular flexibility index (Phi) is 3.25. The standard InChI is InChI=1S/C8H9BrN2O/c9-6-3-1-2-4-7(6)11-8(12)5-10/h1-4H,5,10H2,(H,11,12). The van der Waals surface area contributed by atoms with Gasteiger partial charge in [-0.05, 0) is 28.1 Å². The Morgan fingerprint density at radius 1 is 1.50 bits per heavy atom.